The quantitative estimate of drug-likeness (QED) is 0.639. The number of rotatable bonds is 0. The van der Waals surface area contributed by atoms with E-state index in [0.717, 1.165) is 17.5 Å². The molecular weight excluding hydrogens is 256 g/mol. The molecule has 0 saturated carbocycles. The molecule has 116 valence electrons. The summed E-state index contributed by atoms with van der Waals surface area (Å²) in [5.41, 5.74) is 3.26. The van der Waals surface area contributed by atoms with E-state index in [-0.39, 0.29) is 10.8 Å². The van der Waals surface area contributed by atoms with Crippen molar-refractivity contribution in [3.8, 4) is 5.75 Å². The van der Waals surface area contributed by atoms with E-state index < -0.39 is 0 Å². The summed E-state index contributed by atoms with van der Waals surface area (Å²) in [5, 5.41) is 10.4. The van der Waals surface area contributed by atoms with E-state index in [9.17, 15) is 5.11 Å². The molecule has 1 aliphatic rings. The maximum Gasteiger partial charge on any atom is 0.123 e. The lowest BCUT2D eigenvalue weighted by atomic mass is 9.78. The molecule has 0 amide bonds. The van der Waals surface area contributed by atoms with E-state index in [0.29, 0.717) is 5.75 Å². The Labute approximate surface area is 130 Å². The second-order valence-electron chi connectivity index (χ2n) is 7.80. The van der Waals surface area contributed by atoms with Crippen LogP contribution in [0.4, 0.5) is 0 Å². The van der Waals surface area contributed by atoms with Crippen molar-refractivity contribution in [3.05, 3.63) is 53.1 Å². The summed E-state index contributed by atoms with van der Waals surface area (Å²) in [4.78, 5) is 0. The summed E-state index contributed by atoms with van der Waals surface area (Å²) in [5.74, 6) is 0.464. The first-order chi connectivity index (χ1) is 9.53. The van der Waals surface area contributed by atoms with Crippen molar-refractivity contribution in [2.75, 3.05) is 0 Å². The van der Waals surface area contributed by atoms with Crippen LogP contribution in [0, 0.1) is 6.92 Å². The molecule has 0 spiro atoms. The van der Waals surface area contributed by atoms with Crippen molar-refractivity contribution in [1.82, 2.24) is 0 Å². The molecule has 0 atom stereocenters. The molecule has 0 unspecified atom stereocenters. The smallest absolute Gasteiger partial charge is 0.123 e. The average molecular weight is 286 g/mol. The topological polar surface area (TPSA) is 20.2 Å². The van der Waals surface area contributed by atoms with Crippen molar-refractivity contribution in [1.29, 1.82) is 0 Å². The highest BCUT2D eigenvalue weighted by Crippen LogP contribution is 2.39. The Bertz CT molecular complexity index is 489. The first-order valence-corrected chi connectivity index (χ1v) is 7.69. The van der Waals surface area contributed by atoms with Gasteiger partial charge in [0.05, 0.1) is 0 Å². The SMILES string of the molecule is C1=CCC=C1.Cc1cc(C(C)(C)C)c(O)c(C(C)(C)C)c1. The third-order valence-electron chi connectivity index (χ3n) is 3.53. The Balaban J connectivity index is 0.000000369. The second kappa shape index (κ2) is 6.51. The monoisotopic (exact) mass is 286 g/mol. The molecule has 0 fully saturated rings. The minimum atomic E-state index is -0.0178. The molecule has 21 heavy (non-hydrogen) atoms. The number of phenolic OH excluding ortho intramolecular Hbond substituents is 1. The van der Waals surface area contributed by atoms with Crippen LogP contribution in [0.1, 0.15) is 64.7 Å². The minimum absolute atomic E-state index is 0.0178. The third-order valence-corrected chi connectivity index (χ3v) is 3.53. The van der Waals surface area contributed by atoms with E-state index in [1.165, 1.54) is 5.56 Å². The zero-order valence-corrected chi connectivity index (χ0v) is 14.6. The molecule has 0 radical (unpaired) electrons. The fraction of sp³-hybridized carbons (Fsp3) is 0.500. The highest BCUT2D eigenvalue weighted by Gasteiger charge is 2.25. The van der Waals surface area contributed by atoms with Gasteiger partial charge in [0.2, 0.25) is 0 Å². The number of phenols is 1. The lowest BCUT2D eigenvalue weighted by molar-refractivity contribution is 0.423. The number of benzene rings is 1. The van der Waals surface area contributed by atoms with Crippen LogP contribution in [0.2, 0.25) is 0 Å². The van der Waals surface area contributed by atoms with Gasteiger partial charge < -0.3 is 5.11 Å². The van der Waals surface area contributed by atoms with Crippen LogP contribution in [0.25, 0.3) is 0 Å². The molecule has 1 heteroatoms. The molecule has 1 aromatic rings. The van der Waals surface area contributed by atoms with Gasteiger partial charge in [0.25, 0.3) is 0 Å². The molecule has 0 aromatic heterocycles. The summed E-state index contributed by atoms with van der Waals surface area (Å²) in [6.07, 6.45) is 9.50. The summed E-state index contributed by atoms with van der Waals surface area (Å²) in [6.45, 7) is 14.9. The number of aromatic hydroxyl groups is 1. The lowest BCUT2D eigenvalue weighted by Gasteiger charge is -2.27. The Kier molecular flexibility index (Phi) is 5.44. The molecule has 1 aliphatic carbocycles. The first-order valence-electron chi connectivity index (χ1n) is 7.69. The largest absolute Gasteiger partial charge is 0.507 e. The van der Waals surface area contributed by atoms with Gasteiger partial charge in [-0.1, -0.05) is 83.5 Å². The van der Waals surface area contributed by atoms with Crippen LogP contribution < -0.4 is 0 Å². The van der Waals surface area contributed by atoms with E-state index in [1.54, 1.807) is 0 Å². The fourth-order valence-electron chi connectivity index (χ4n) is 2.32. The molecule has 0 bridgehead atoms. The van der Waals surface area contributed by atoms with Gasteiger partial charge in [-0.2, -0.15) is 0 Å². The van der Waals surface area contributed by atoms with Crippen LogP contribution in [0.5, 0.6) is 5.75 Å². The normalized spacial score (nSPS) is 14.0. The molecule has 0 aliphatic heterocycles. The van der Waals surface area contributed by atoms with Crippen LogP contribution in [0.15, 0.2) is 36.4 Å². The van der Waals surface area contributed by atoms with Gasteiger partial charge in [0.15, 0.2) is 0 Å². The molecule has 1 nitrogen and oxygen atoms in total. The van der Waals surface area contributed by atoms with Gasteiger partial charge in [0, 0.05) is 0 Å². The second-order valence-corrected chi connectivity index (χ2v) is 7.80. The average Bonchev–Trinajstić information content (AvgIpc) is 2.87. The molecule has 0 saturated heterocycles. The third kappa shape index (κ3) is 5.08. The summed E-state index contributed by atoms with van der Waals surface area (Å²) in [6, 6.07) is 4.18. The number of aryl methyl sites for hydroxylation is 1. The number of hydrogen-bond donors (Lipinski definition) is 1. The highest BCUT2D eigenvalue weighted by molar-refractivity contribution is 5.49. The van der Waals surface area contributed by atoms with Crippen molar-refractivity contribution in [2.24, 2.45) is 0 Å². The maximum absolute atomic E-state index is 10.4. The molecule has 0 heterocycles. The van der Waals surface area contributed by atoms with Gasteiger partial charge in [-0.15, -0.1) is 0 Å². The summed E-state index contributed by atoms with van der Waals surface area (Å²) < 4.78 is 0. The molecule has 1 N–H and O–H groups in total. The zero-order chi connectivity index (χ0) is 16.3. The predicted molar refractivity (Wildman–Crippen MR) is 93.1 cm³/mol. The van der Waals surface area contributed by atoms with Crippen LogP contribution in [-0.2, 0) is 10.8 Å². The van der Waals surface area contributed by atoms with Gasteiger partial charge >= 0.3 is 0 Å². The van der Waals surface area contributed by atoms with Gasteiger partial charge in [-0.05, 0) is 35.3 Å². The standard InChI is InChI=1S/C15H24O.C5H6/c1-10-8-11(14(2,3)4)13(16)12(9-10)15(5,6)7;1-2-4-5-3-1/h8-9,16H,1-7H3;1-4H,5H2. The van der Waals surface area contributed by atoms with Gasteiger partial charge in [-0.25, -0.2) is 0 Å². The van der Waals surface area contributed by atoms with Crippen molar-refractivity contribution < 1.29 is 5.11 Å². The van der Waals surface area contributed by atoms with E-state index >= 15 is 0 Å². The zero-order valence-electron chi connectivity index (χ0n) is 14.6. The molecule has 1 aromatic carbocycles. The fourth-order valence-corrected chi connectivity index (χ4v) is 2.32. The Morgan fingerprint density at radius 2 is 1.19 bits per heavy atom. The first kappa shape index (κ1) is 17.6. The minimum Gasteiger partial charge on any atom is -0.507 e. The van der Waals surface area contributed by atoms with Crippen LogP contribution in [0.3, 0.4) is 0 Å². The Morgan fingerprint density at radius 3 is 1.43 bits per heavy atom. The van der Waals surface area contributed by atoms with Gasteiger partial charge in [-0.3, -0.25) is 0 Å². The number of hydrogen-bond acceptors (Lipinski definition) is 1. The van der Waals surface area contributed by atoms with Crippen molar-refractivity contribution in [2.45, 2.75) is 65.7 Å². The molecular formula is C20H30O. The van der Waals surface area contributed by atoms with E-state index in [2.05, 4.69) is 84.9 Å². The van der Waals surface area contributed by atoms with Crippen LogP contribution in [-0.4, -0.2) is 5.11 Å². The summed E-state index contributed by atoms with van der Waals surface area (Å²) >= 11 is 0. The molecule has 2 rings (SSSR count). The number of allylic oxidation sites excluding steroid dienone is 4. The lowest BCUT2D eigenvalue weighted by Crippen LogP contribution is -2.17. The predicted octanol–water partition coefficient (Wildman–Crippen LogP) is 5.80. The van der Waals surface area contributed by atoms with Crippen molar-refractivity contribution in [3.63, 3.8) is 0 Å². The highest BCUT2D eigenvalue weighted by atomic mass is 16.3. The summed E-state index contributed by atoms with van der Waals surface area (Å²) in [7, 11) is 0. The van der Waals surface area contributed by atoms with E-state index in [4.69, 9.17) is 0 Å². The van der Waals surface area contributed by atoms with Crippen molar-refractivity contribution >= 4 is 0 Å². The Hall–Kier alpha value is -1.50. The van der Waals surface area contributed by atoms with Crippen LogP contribution >= 0.6 is 0 Å². The maximum atomic E-state index is 10.4. The van der Waals surface area contributed by atoms with E-state index in [1.807, 2.05) is 0 Å². The Morgan fingerprint density at radius 1 is 0.810 bits per heavy atom. The van der Waals surface area contributed by atoms with Gasteiger partial charge in [0.1, 0.15) is 5.75 Å².